The van der Waals surface area contributed by atoms with Crippen LogP contribution in [0.15, 0.2) is 24.5 Å². The van der Waals surface area contributed by atoms with Crippen molar-refractivity contribution in [2.75, 3.05) is 0 Å². The van der Waals surface area contributed by atoms with Crippen molar-refractivity contribution in [2.45, 2.75) is 11.3 Å². The van der Waals surface area contributed by atoms with E-state index in [-0.39, 0.29) is 4.84 Å². The number of alkyl halides is 2. The molecule has 0 aromatic carbocycles. The van der Waals surface area contributed by atoms with Crippen molar-refractivity contribution in [3.63, 3.8) is 0 Å². The third-order valence-corrected chi connectivity index (χ3v) is 1.42. The van der Waals surface area contributed by atoms with Crippen LogP contribution in [-0.4, -0.2) is 9.82 Å². The zero-order valence-electron chi connectivity index (χ0n) is 5.30. The van der Waals surface area contributed by atoms with E-state index in [1.54, 1.807) is 12.4 Å². The lowest BCUT2D eigenvalue weighted by Gasteiger charge is -1.98. The van der Waals surface area contributed by atoms with E-state index in [1.807, 2.05) is 12.1 Å². The van der Waals surface area contributed by atoms with Crippen LogP contribution in [0, 0.1) is 0 Å². The van der Waals surface area contributed by atoms with Crippen LogP contribution in [0.25, 0.3) is 0 Å². The van der Waals surface area contributed by atoms with Crippen LogP contribution in [-0.2, 0) is 6.42 Å². The normalized spacial score (nSPS) is 10.3. The molecule has 1 aromatic heterocycles. The van der Waals surface area contributed by atoms with Gasteiger partial charge in [-0.2, -0.15) is 0 Å². The Bertz CT molecular complexity index is 186. The molecule has 0 amide bonds. The fourth-order valence-corrected chi connectivity index (χ4v) is 1.05. The SMILES string of the molecule is ClC(Cl)Cc1cccnc1. The zero-order chi connectivity index (χ0) is 7.40. The van der Waals surface area contributed by atoms with Gasteiger partial charge in [-0.1, -0.05) is 6.07 Å². The molecule has 0 N–H and O–H groups in total. The van der Waals surface area contributed by atoms with Gasteiger partial charge < -0.3 is 0 Å². The molecule has 1 nitrogen and oxygen atoms in total. The minimum atomic E-state index is -0.329. The van der Waals surface area contributed by atoms with Crippen LogP contribution < -0.4 is 0 Å². The summed E-state index contributed by atoms with van der Waals surface area (Å²) in [6, 6.07) is 3.82. The Kier molecular flexibility index (Phi) is 2.97. The quantitative estimate of drug-likeness (QED) is 0.630. The second kappa shape index (κ2) is 3.79. The molecule has 0 aliphatic carbocycles. The van der Waals surface area contributed by atoms with Crippen LogP contribution >= 0.6 is 23.2 Å². The predicted molar refractivity (Wildman–Crippen MR) is 43.4 cm³/mol. The van der Waals surface area contributed by atoms with Gasteiger partial charge >= 0.3 is 0 Å². The number of hydrogen-bond donors (Lipinski definition) is 0. The molecule has 3 heteroatoms. The van der Waals surface area contributed by atoms with E-state index in [1.165, 1.54) is 0 Å². The van der Waals surface area contributed by atoms with Gasteiger partial charge in [-0.3, -0.25) is 4.98 Å². The first-order chi connectivity index (χ1) is 4.79. The largest absolute Gasteiger partial charge is 0.264 e. The maximum absolute atomic E-state index is 5.55. The van der Waals surface area contributed by atoms with Gasteiger partial charge in [-0.05, 0) is 11.6 Å². The van der Waals surface area contributed by atoms with E-state index in [2.05, 4.69) is 4.98 Å². The maximum atomic E-state index is 5.55. The molecule has 0 aliphatic rings. The van der Waals surface area contributed by atoms with Gasteiger partial charge in [-0.15, -0.1) is 23.2 Å². The van der Waals surface area contributed by atoms with Crippen molar-refractivity contribution in [1.29, 1.82) is 0 Å². The molecule has 1 heterocycles. The highest BCUT2D eigenvalue weighted by Crippen LogP contribution is 2.09. The summed E-state index contributed by atoms with van der Waals surface area (Å²) in [6.07, 6.45) is 4.15. The van der Waals surface area contributed by atoms with Crippen LogP contribution in [0.2, 0.25) is 0 Å². The highest BCUT2D eigenvalue weighted by molar-refractivity contribution is 6.44. The third-order valence-electron chi connectivity index (χ3n) is 1.11. The molecule has 0 saturated heterocycles. The average molecular weight is 176 g/mol. The minimum Gasteiger partial charge on any atom is -0.264 e. The molecule has 0 atom stereocenters. The van der Waals surface area contributed by atoms with Crippen LogP contribution in [0.1, 0.15) is 5.56 Å². The van der Waals surface area contributed by atoms with E-state index in [0.29, 0.717) is 6.42 Å². The van der Waals surface area contributed by atoms with E-state index in [4.69, 9.17) is 23.2 Å². The molecule has 0 radical (unpaired) electrons. The maximum Gasteiger partial charge on any atom is 0.111 e. The molecule has 0 saturated carbocycles. The average Bonchev–Trinajstić information content (AvgIpc) is 1.88. The Labute approximate surface area is 70.0 Å². The molecule has 1 aromatic rings. The van der Waals surface area contributed by atoms with Gasteiger partial charge in [0.1, 0.15) is 4.84 Å². The van der Waals surface area contributed by atoms with Gasteiger partial charge in [0.25, 0.3) is 0 Å². The lowest BCUT2D eigenvalue weighted by atomic mass is 10.2. The minimum absolute atomic E-state index is 0.329. The van der Waals surface area contributed by atoms with Crippen LogP contribution in [0.3, 0.4) is 0 Å². The summed E-state index contributed by atoms with van der Waals surface area (Å²) in [6.45, 7) is 0. The number of rotatable bonds is 2. The van der Waals surface area contributed by atoms with Gasteiger partial charge in [0.15, 0.2) is 0 Å². The molecular weight excluding hydrogens is 169 g/mol. The van der Waals surface area contributed by atoms with E-state index in [9.17, 15) is 0 Å². The lowest BCUT2D eigenvalue weighted by molar-refractivity contribution is 1.06. The molecule has 0 aliphatic heterocycles. The summed E-state index contributed by atoms with van der Waals surface area (Å²) in [4.78, 5) is 3.59. The predicted octanol–water partition coefficient (Wildman–Crippen LogP) is 2.43. The highest BCUT2D eigenvalue weighted by Gasteiger charge is 1.99. The summed E-state index contributed by atoms with van der Waals surface area (Å²) in [7, 11) is 0. The molecule has 54 valence electrons. The van der Waals surface area contributed by atoms with Crippen LogP contribution in [0.4, 0.5) is 0 Å². The second-order valence-electron chi connectivity index (χ2n) is 1.96. The topological polar surface area (TPSA) is 12.9 Å². The number of pyridine rings is 1. The fraction of sp³-hybridized carbons (Fsp3) is 0.286. The van der Waals surface area contributed by atoms with Crippen molar-refractivity contribution in [3.05, 3.63) is 30.1 Å². The van der Waals surface area contributed by atoms with Crippen LogP contribution in [0.5, 0.6) is 0 Å². The summed E-state index contributed by atoms with van der Waals surface area (Å²) < 4.78 is 0. The highest BCUT2D eigenvalue weighted by atomic mass is 35.5. The fourth-order valence-electron chi connectivity index (χ4n) is 0.697. The summed E-state index contributed by atoms with van der Waals surface area (Å²) in [5.74, 6) is 0. The Morgan fingerprint density at radius 2 is 2.30 bits per heavy atom. The lowest BCUT2D eigenvalue weighted by Crippen LogP contribution is -1.93. The first-order valence-electron chi connectivity index (χ1n) is 2.96. The third kappa shape index (κ3) is 2.54. The molecule has 0 spiro atoms. The molecule has 1 rings (SSSR count). The van der Waals surface area contributed by atoms with Crippen molar-refractivity contribution in [3.8, 4) is 0 Å². The Hall–Kier alpha value is -0.270. The van der Waals surface area contributed by atoms with Crippen molar-refractivity contribution in [1.82, 2.24) is 4.98 Å². The van der Waals surface area contributed by atoms with Crippen molar-refractivity contribution in [2.24, 2.45) is 0 Å². The van der Waals surface area contributed by atoms with E-state index in [0.717, 1.165) is 5.56 Å². The molecule has 0 bridgehead atoms. The molecular formula is C7H7Cl2N. The number of aromatic nitrogens is 1. The zero-order valence-corrected chi connectivity index (χ0v) is 6.81. The molecule has 0 fully saturated rings. The van der Waals surface area contributed by atoms with Gasteiger partial charge in [0.2, 0.25) is 0 Å². The second-order valence-corrected chi connectivity index (χ2v) is 3.23. The smallest absolute Gasteiger partial charge is 0.111 e. The molecule has 0 unspecified atom stereocenters. The van der Waals surface area contributed by atoms with E-state index >= 15 is 0 Å². The summed E-state index contributed by atoms with van der Waals surface area (Å²) in [5.41, 5.74) is 1.07. The standard InChI is InChI=1S/C7H7Cl2N/c8-7(9)4-6-2-1-3-10-5-6/h1-3,5,7H,4H2. The number of hydrogen-bond acceptors (Lipinski definition) is 1. The monoisotopic (exact) mass is 175 g/mol. The number of halogens is 2. The van der Waals surface area contributed by atoms with E-state index < -0.39 is 0 Å². The summed E-state index contributed by atoms with van der Waals surface area (Å²) >= 11 is 11.1. The Balaban J connectivity index is 2.59. The first kappa shape index (κ1) is 7.83. The molecule has 10 heavy (non-hydrogen) atoms. The van der Waals surface area contributed by atoms with Gasteiger partial charge in [0.05, 0.1) is 0 Å². The summed E-state index contributed by atoms with van der Waals surface area (Å²) in [5, 5.41) is 0. The Morgan fingerprint density at radius 3 is 2.80 bits per heavy atom. The first-order valence-corrected chi connectivity index (χ1v) is 3.83. The van der Waals surface area contributed by atoms with Gasteiger partial charge in [-0.25, -0.2) is 0 Å². The van der Waals surface area contributed by atoms with Gasteiger partial charge in [0, 0.05) is 18.8 Å². The van der Waals surface area contributed by atoms with Crippen molar-refractivity contribution >= 4 is 23.2 Å². The van der Waals surface area contributed by atoms with Crippen molar-refractivity contribution < 1.29 is 0 Å². The Morgan fingerprint density at radius 1 is 1.50 bits per heavy atom. The number of nitrogens with zero attached hydrogens (tertiary/aromatic N) is 1.